The second-order valence-electron chi connectivity index (χ2n) is 15.5. The number of pyridine rings is 1. The number of aryl methyl sites for hydroxylation is 2. The number of likely N-dealkylation sites (tertiary alicyclic amines) is 1. The number of aliphatic imine (C=N–C) groups is 1. The van der Waals surface area contributed by atoms with Crippen LogP contribution in [0.1, 0.15) is 109 Å². The van der Waals surface area contributed by atoms with Crippen molar-refractivity contribution in [1.29, 1.82) is 0 Å². The minimum Gasteiger partial charge on any atom is -0.299 e. The molecule has 58 heavy (non-hydrogen) atoms. The Bertz CT molecular complexity index is 2590. The first-order valence-electron chi connectivity index (χ1n) is 19.7. The van der Waals surface area contributed by atoms with Gasteiger partial charge < -0.3 is 0 Å². The first-order chi connectivity index (χ1) is 28.1. The number of imide groups is 1. The summed E-state index contributed by atoms with van der Waals surface area (Å²) in [5.41, 5.74) is 7.44. The molecular weight excluding hydrogens is 770 g/mol. The average Bonchev–Trinajstić information content (AvgIpc) is 3.79. The van der Waals surface area contributed by atoms with Gasteiger partial charge in [0.1, 0.15) is 28.8 Å². The summed E-state index contributed by atoms with van der Waals surface area (Å²) in [4.78, 5) is 65.4. The first kappa shape index (κ1) is 37.9. The highest BCUT2D eigenvalue weighted by Crippen LogP contribution is 2.37. The standard InChI is InChI=1S/C45H40ClN7O4S/c1-26-38(58-45-40(26)42(31-9-11-32(46)12-10-31)48-24-39-50-49-27(2)52(39)45)17-14-33-13-7-29(23-47-33)25-51-20-18-28(19-21-51)6-8-30-4-3-5-35-41(30)44(57)53(43(35)56)36-16-15-34(54)22-37(36)55/h3-5,7,9-13,23,28,36H,6,8,15-16,18-22,24-25H2,1-2H3. The van der Waals surface area contributed by atoms with E-state index in [0.29, 0.717) is 40.7 Å². The van der Waals surface area contributed by atoms with Crippen molar-refractivity contribution in [3.63, 3.8) is 0 Å². The van der Waals surface area contributed by atoms with Crippen LogP contribution in [-0.4, -0.2) is 77.8 Å². The molecule has 4 aliphatic rings. The van der Waals surface area contributed by atoms with Crippen LogP contribution in [0, 0.1) is 31.6 Å². The lowest BCUT2D eigenvalue weighted by atomic mass is 9.88. The lowest BCUT2D eigenvalue weighted by Crippen LogP contribution is -2.47. The van der Waals surface area contributed by atoms with E-state index in [4.69, 9.17) is 21.6 Å². The lowest BCUT2D eigenvalue weighted by Gasteiger charge is -2.32. The molecule has 2 amide bonds. The summed E-state index contributed by atoms with van der Waals surface area (Å²) in [6.07, 6.45) is 5.81. The molecular formula is C45H40ClN7O4S. The number of Topliss-reactive ketones (excluding diaryl/α,β-unsaturated/α-hetero) is 2. The van der Waals surface area contributed by atoms with Gasteiger partial charge in [0.25, 0.3) is 11.8 Å². The minimum atomic E-state index is -0.853. The van der Waals surface area contributed by atoms with Crippen molar-refractivity contribution >= 4 is 52.0 Å². The molecule has 0 N–H and O–H groups in total. The van der Waals surface area contributed by atoms with Gasteiger partial charge in [0, 0.05) is 35.3 Å². The highest BCUT2D eigenvalue weighted by atomic mass is 35.5. The molecule has 0 bridgehead atoms. The van der Waals surface area contributed by atoms with Crippen LogP contribution in [0.2, 0.25) is 5.02 Å². The normalized spacial score (nSPS) is 18.4. The number of benzene rings is 2. The zero-order valence-corrected chi connectivity index (χ0v) is 33.8. The van der Waals surface area contributed by atoms with Crippen LogP contribution in [0.25, 0.3) is 5.00 Å². The van der Waals surface area contributed by atoms with Gasteiger partial charge in [-0.3, -0.25) is 38.5 Å². The zero-order valence-electron chi connectivity index (χ0n) is 32.3. The fraction of sp³-hybridized carbons (Fsp3) is 0.333. The van der Waals surface area contributed by atoms with Crippen molar-refractivity contribution < 1.29 is 19.2 Å². The van der Waals surface area contributed by atoms with Crippen molar-refractivity contribution in [2.24, 2.45) is 10.9 Å². The molecule has 292 valence electrons. The number of nitrogens with zero attached hydrogens (tertiary/aromatic N) is 7. The number of fused-ring (bicyclic) bond motifs is 4. The van der Waals surface area contributed by atoms with E-state index in [1.54, 1.807) is 17.4 Å². The summed E-state index contributed by atoms with van der Waals surface area (Å²) >= 11 is 7.83. The molecule has 1 saturated heterocycles. The molecule has 9 rings (SSSR count). The lowest BCUT2D eigenvalue weighted by molar-refractivity contribution is -0.132. The van der Waals surface area contributed by atoms with Crippen LogP contribution in [0.3, 0.4) is 0 Å². The molecule has 3 aromatic heterocycles. The number of piperidine rings is 1. The number of amides is 2. The molecule has 1 atom stereocenters. The van der Waals surface area contributed by atoms with Gasteiger partial charge >= 0.3 is 0 Å². The summed E-state index contributed by atoms with van der Waals surface area (Å²) in [5.74, 6) is 7.49. The number of halogens is 1. The van der Waals surface area contributed by atoms with Crippen molar-refractivity contribution in [2.45, 2.75) is 77.9 Å². The number of carbonyl (C=O) groups is 4. The second kappa shape index (κ2) is 15.6. The third-order valence-electron chi connectivity index (χ3n) is 11.8. The Morgan fingerprint density at radius 3 is 2.47 bits per heavy atom. The van der Waals surface area contributed by atoms with E-state index in [1.165, 1.54) is 0 Å². The summed E-state index contributed by atoms with van der Waals surface area (Å²) in [7, 11) is 0. The van der Waals surface area contributed by atoms with Gasteiger partial charge in [-0.1, -0.05) is 41.9 Å². The molecule has 6 heterocycles. The summed E-state index contributed by atoms with van der Waals surface area (Å²) in [6.45, 7) is 7.20. The molecule has 1 aliphatic carbocycles. The number of carbonyl (C=O) groups excluding carboxylic acids is 4. The Labute approximate surface area is 345 Å². The largest absolute Gasteiger partial charge is 0.299 e. The number of thiophene rings is 1. The Hall–Kier alpha value is -5.61. The van der Waals surface area contributed by atoms with E-state index in [9.17, 15) is 19.2 Å². The number of rotatable bonds is 7. The maximum absolute atomic E-state index is 13.5. The molecule has 13 heteroatoms. The summed E-state index contributed by atoms with van der Waals surface area (Å²) in [6, 6.07) is 16.4. The number of hydrogen-bond donors (Lipinski definition) is 0. The second-order valence-corrected chi connectivity index (χ2v) is 17.0. The molecule has 3 aliphatic heterocycles. The van der Waals surface area contributed by atoms with Gasteiger partial charge in [-0.05, 0) is 118 Å². The molecule has 1 unspecified atom stereocenters. The van der Waals surface area contributed by atoms with Gasteiger partial charge in [-0.2, -0.15) is 0 Å². The van der Waals surface area contributed by atoms with Crippen LogP contribution < -0.4 is 0 Å². The summed E-state index contributed by atoms with van der Waals surface area (Å²) in [5, 5.41) is 10.4. The Morgan fingerprint density at radius 1 is 0.897 bits per heavy atom. The van der Waals surface area contributed by atoms with Crippen LogP contribution in [0.15, 0.2) is 65.8 Å². The molecule has 2 fully saturated rings. The minimum absolute atomic E-state index is 0.135. The highest BCUT2D eigenvalue weighted by Gasteiger charge is 2.45. The fourth-order valence-electron chi connectivity index (χ4n) is 8.66. The predicted molar refractivity (Wildman–Crippen MR) is 221 cm³/mol. The maximum atomic E-state index is 13.5. The quantitative estimate of drug-likeness (QED) is 0.0989. The maximum Gasteiger partial charge on any atom is 0.262 e. The first-order valence-corrected chi connectivity index (χ1v) is 20.9. The Balaban J connectivity index is 0.821. The third kappa shape index (κ3) is 7.12. The van der Waals surface area contributed by atoms with Crippen molar-refractivity contribution in [2.75, 3.05) is 13.1 Å². The van der Waals surface area contributed by atoms with Crippen molar-refractivity contribution in [3.8, 4) is 16.8 Å². The van der Waals surface area contributed by atoms with Gasteiger partial charge in [0.05, 0.1) is 34.2 Å². The third-order valence-corrected chi connectivity index (χ3v) is 13.2. The molecule has 1 saturated carbocycles. The summed E-state index contributed by atoms with van der Waals surface area (Å²) < 4.78 is 2.09. The highest BCUT2D eigenvalue weighted by molar-refractivity contribution is 7.15. The number of ketones is 2. The van der Waals surface area contributed by atoms with E-state index in [0.717, 1.165) is 98.9 Å². The van der Waals surface area contributed by atoms with Gasteiger partial charge in [-0.25, -0.2) is 4.98 Å². The molecule has 2 aromatic carbocycles. The van der Waals surface area contributed by atoms with Gasteiger partial charge in [-0.15, -0.1) is 21.5 Å². The van der Waals surface area contributed by atoms with E-state index >= 15 is 0 Å². The van der Waals surface area contributed by atoms with E-state index in [-0.39, 0.29) is 30.8 Å². The SMILES string of the molecule is Cc1c(C#Cc2ccc(CN3CCC(CCc4cccc5c4C(=O)N(C4CCC(=O)CC4=O)C5=O)CC3)cn2)sc2c1C(c1ccc(Cl)cc1)=NCc1nnc(C)n1-2. The Kier molecular flexibility index (Phi) is 10.2. The smallest absolute Gasteiger partial charge is 0.262 e. The van der Waals surface area contributed by atoms with Crippen LogP contribution in [0.4, 0.5) is 0 Å². The van der Waals surface area contributed by atoms with Crippen LogP contribution >= 0.6 is 22.9 Å². The Morgan fingerprint density at radius 2 is 1.71 bits per heavy atom. The zero-order chi connectivity index (χ0) is 40.1. The molecule has 0 spiro atoms. The van der Waals surface area contributed by atoms with Crippen LogP contribution in [0.5, 0.6) is 0 Å². The molecule has 0 radical (unpaired) electrons. The predicted octanol–water partition coefficient (Wildman–Crippen LogP) is 6.88. The number of aromatic nitrogens is 4. The molecule has 11 nitrogen and oxygen atoms in total. The van der Waals surface area contributed by atoms with Crippen LogP contribution in [-0.2, 0) is 29.1 Å². The average molecular weight is 810 g/mol. The van der Waals surface area contributed by atoms with E-state index < -0.39 is 17.9 Å². The monoisotopic (exact) mass is 809 g/mol. The van der Waals surface area contributed by atoms with Crippen molar-refractivity contribution in [1.82, 2.24) is 29.5 Å². The topological polar surface area (TPSA) is 131 Å². The fourth-order valence-corrected chi connectivity index (χ4v) is 10.0. The van der Waals surface area contributed by atoms with Gasteiger partial charge in [0.15, 0.2) is 11.6 Å². The molecule has 5 aromatic rings. The van der Waals surface area contributed by atoms with Crippen molar-refractivity contribution in [3.05, 3.63) is 127 Å². The number of hydrogen-bond acceptors (Lipinski definition) is 10. The van der Waals surface area contributed by atoms with E-state index in [2.05, 4.69) is 44.5 Å². The van der Waals surface area contributed by atoms with Gasteiger partial charge in [0.2, 0.25) is 0 Å². The van der Waals surface area contributed by atoms with E-state index in [1.807, 2.05) is 55.6 Å².